The molecule has 1 aliphatic rings. The zero-order valence-corrected chi connectivity index (χ0v) is 12.4. The second-order valence-electron chi connectivity index (χ2n) is 5.33. The summed E-state index contributed by atoms with van der Waals surface area (Å²) >= 11 is 0. The van der Waals surface area contributed by atoms with Gasteiger partial charge in [-0.05, 0) is 44.0 Å². The van der Waals surface area contributed by atoms with Gasteiger partial charge in [0.15, 0.2) is 5.82 Å². The van der Waals surface area contributed by atoms with Crippen molar-refractivity contribution >= 4 is 23.1 Å². The summed E-state index contributed by atoms with van der Waals surface area (Å²) in [5.74, 6) is 0.550. The van der Waals surface area contributed by atoms with E-state index < -0.39 is 0 Å². The molecule has 0 unspecified atom stereocenters. The molecule has 2 N–H and O–H groups in total. The van der Waals surface area contributed by atoms with Crippen LogP contribution in [-0.2, 0) is 11.3 Å². The SMILES string of the molecule is CCn1ccnc(Nc2ccc(NC(=O)C3CC3)cc2)c1=O. The summed E-state index contributed by atoms with van der Waals surface area (Å²) in [6, 6.07) is 7.24. The predicted molar refractivity (Wildman–Crippen MR) is 85.2 cm³/mol. The first-order valence-corrected chi connectivity index (χ1v) is 7.41. The monoisotopic (exact) mass is 298 g/mol. The fourth-order valence-corrected chi connectivity index (χ4v) is 2.15. The smallest absolute Gasteiger partial charge is 0.293 e. The highest BCUT2D eigenvalue weighted by Crippen LogP contribution is 2.30. The van der Waals surface area contributed by atoms with Crippen molar-refractivity contribution in [2.45, 2.75) is 26.3 Å². The molecule has 2 aromatic rings. The lowest BCUT2D eigenvalue weighted by atomic mass is 10.2. The van der Waals surface area contributed by atoms with Gasteiger partial charge in [-0.15, -0.1) is 0 Å². The number of nitrogens with one attached hydrogen (secondary N) is 2. The third-order valence-corrected chi connectivity index (χ3v) is 3.62. The molecule has 0 spiro atoms. The topological polar surface area (TPSA) is 76.0 Å². The van der Waals surface area contributed by atoms with Crippen molar-refractivity contribution in [2.24, 2.45) is 5.92 Å². The van der Waals surface area contributed by atoms with E-state index in [2.05, 4.69) is 15.6 Å². The van der Waals surface area contributed by atoms with E-state index in [4.69, 9.17) is 0 Å². The zero-order chi connectivity index (χ0) is 15.5. The number of nitrogens with zero attached hydrogens (tertiary/aromatic N) is 2. The van der Waals surface area contributed by atoms with Gasteiger partial charge in [0.25, 0.3) is 5.56 Å². The van der Waals surface area contributed by atoms with Crippen LogP contribution in [0.1, 0.15) is 19.8 Å². The minimum absolute atomic E-state index is 0.0799. The molecule has 3 rings (SSSR count). The van der Waals surface area contributed by atoms with Crippen molar-refractivity contribution in [1.82, 2.24) is 9.55 Å². The van der Waals surface area contributed by atoms with Crippen LogP contribution in [0.25, 0.3) is 0 Å². The molecule has 22 heavy (non-hydrogen) atoms. The number of carbonyl (C=O) groups excluding carboxylic acids is 1. The maximum atomic E-state index is 12.1. The van der Waals surface area contributed by atoms with Crippen molar-refractivity contribution in [3.63, 3.8) is 0 Å². The minimum atomic E-state index is -0.156. The number of anilines is 3. The summed E-state index contributed by atoms with van der Waals surface area (Å²) in [5, 5.41) is 5.88. The Balaban J connectivity index is 1.70. The summed E-state index contributed by atoms with van der Waals surface area (Å²) in [4.78, 5) is 27.8. The quantitative estimate of drug-likeness (QED) is 0.888. The Morgan fingerprint density at radius 2 is 1.95 bits per heavy atom. The molecule has 0 aliphatic heterocycles. The Kier molecular flexibility index (Phi) is 3.91. The summed E-state index contributed by atoms with van der Waals surface area (Å²) in [5.41, 5.74) is 1.36. The molecular formula is C16H18N4O2. The van der Waals surface area contributed by atoms with Gasteiger partial charge in [0.05, 0.1) is 0 Å². The van der Waals surface area contributed by atoms with Gasteiger partial charge in [-0.3, -0.25) is 9.59 Å². The van der Waals surface area contributed by atoms with Gasteiger partial charge >= 0.3 is 0 Å². The average molecular weight is 298 g/mol. The molecule has 0 saturated heterocycles. The lowest BCUT2D eigenvalue weighted by Crippen LogP contribution is -2.22. The van der Waals surface area contributed by atoms with E-state index in [0.29, 0.717) is 12.4 Å². The molecule has 114 valence electrons. The van der Waals surface area contributed by atoms with Crippen molar-refractivity contribution < 1.29 is 4.79 Å². The molecule has 1 aliphatic carbocycles. The van der Waals surface area contributed by atoms with Crippen molar-refractivity contribution in [2.75, 3.05) is 10.6 Å². The third kappa shape index (κ3) is 3.16. The number of hydrogen-bond donors (Lipinski definition) is 2. The van der Waals surface area contributed by atoms with Gasteiger partial charge in [-0.2, -0.15) is 0 Å². The molecule has 0 atom stereocenters. The largest absolute Gasteiger partial charge is 0.336 e. The van der Waals surface area contributed by atoms with E-state index in [1.165, 1.54) is 0 Å². The molecule has 1 aromatic carbocycles. The molecule has 1 fully saturated rings. The first-order valence-electron chi connectivity index (χ1n) is 7.41. The normalized spacial score (nSPS) is 13.7. The fraction of sp³-hybridized carbons (Fsp3) is 0.312. The fourth-order valence-electron chi connectivity index (χ4n) is 2.15. The highest BCUT2D eigenvalue weighted by molar-refractivity contribution is 5.94. The zero-order valence-electron chi connectivity index (χ0n) is 12.4. The number of amides is 1. The summed E-state index contributed by atoms with van der Waals surface area (Å²) < 4.78 is 1.58. The Morgan fingerprint density at radius 3 is 2.59 bits per heavy atom. The highest BCUT2D eigenvalue weighted by Gasteiger charge is 2.29. The van der Waals surface area contributed by atoms with Crippen LogP contribution in [0.15, 0.2) is 41.5 Å². The van der Waals surface area contributed by atoms with Crippen LogP contribution in [0, 0.1) is 5.92 Å². The van der Waals surface area contributed by atoms with Crippen LogP contribution >= 0.6 is 0 Å². The Hall–Kier alpha value is -2.63. The Bertz CT molecular complexity index is 733. The Morgan fingerprint density at radius 1 is 1.27 bits per heavy atom. The number of aromatic nitrogens is 2. The molecule has 6 heteroatoms. The lowest BCUT2D eigenvalue weighted by molar-refractivity contribution is -0.117. The second kappa shape index (κ2) is 6.01. The Labute approximate surface area is 128 Å². The summed E-state index contributed by atoms with van der Waals surface area (Å²) in [7, 11) is 0. The molecule has 1 amide bonds. The van der Waals surface area contributed by atoms with Crippen LogP contribution in [0.4, 0.5) is 17.2 Å². The van der Waals surface area contributed by atoms with Gasteiger partial charge in [-0.1, -0.05) is 0 Å². The van der Waals surface area contributed by atoms with Crippen LogP contribution in [0.5, 0.6) is 0 Å². The van der Waals surface area contributed by atoms with E-state index in [-0.39, 0.29) is 17.4 Å². The molecule has 0 radical (unpaired) electrons. The highest BCUT2D eigenvalue weighted by atomic mass is 16.2. The van der Waals surface area contributed by atoms with Gasteiger partial charge in [0, 0.05) is 36.2 Å². The minimum Gasteiger partial charge on any atom is -0.336 e. The van der Waals surface area contributed by atoms with Crippen molar-refractivity contribution in [3.8, 4) is 0 Å². The second-order valence-corrected chi connectivity index (χ2v) is 5.33. The van der Waals surface area contributed by atoms with Gasteiger partial charge in [-0.25, -0.2) is 4.98 Å². The van der Waals surface area contributed by atoms with Crippen LogP contribution < -0.4 is 16.2 Å². The van der Waals surface area contributed by atoms with Crippen LogP contribution in [-0.4, -0.2) is 15.5 Å². The van der Waals surface area contributed by atoms with Crippen LogP contribution in [0.2, 0.25) is 0 Å². The maximum absolute atomic E-state index is 12.1. The average Bonchev–Trinajstić information content (AvgIpc) is 3.36. The summed E-state index contributed by atoms with van der Waals surface area (Å²) in [6.45, 7) is 2.50. The number of aryl methyl sites for hydroxylation is 1. The van der Waals surface area contributed by atoms with E-state index in [9.17, 15) is 9.59 Å². The maximum Gasteiger partial charge on any atom is 0.293 e. The van der Waals surface area contributed by atoms with Gasteiger partial charge < -0.3 is 15.2 Å². The molecule has 0 bridgehead atoms. The van der Waals surface area contributed by atoms with E-state index in [0.717, 1.165) is 24.2 Å². The number of hydrogen-bond acceptors (Lipinski definition) is 4. The molecule has 1 heterocycles. The number of benzene rings is 1. The third-order valence-electron chi connectivity index (χ3n) is 3.62. The number of carbonyl (C=O) groups is 1. The number of rotatable bonds is 5. The van der Waals surface area contributed by atoms with Gasteiger partial charge in [0.1, 0.15) is 0 Å². The van der Waals surface area contributed by atoms with Crippen LogP contribution in [0.3, 0.4) is 0 Å². The van der Waals surface area contributed by atoms with E-state index in [1.807, 2.05) is 31.2 Å². The molecular weight excluding hydrogens is 280 g/mol. The van der Waals surface area contributed by atoms with E-state index in [1.54, 1.807) is 17.0 Å². The standard InChI is InChI=1S/C16H18N4O2/c1-2-20-10-9-17-14(16(20)22)18-12-5-7-13(8-6-12)19-15(21)11-3-4-11/h5-11H,2-4H2,1H3,(H,17,18)(H,19,21). The molecule has 1 aromatic heterocycles. The first-order chi connectivity index (χ1) is 10.7. The summed E-state index contributed by atoms with van der Waals surface area (Å²) in [6.07, 6.45) is 5.21. The molecule has 6 nitrogen and oxygen atoms in total. The van der Waals surface area contributed by atoms with Crippen molar-refractivity contribution in [1.29, 1.82) is 0 Å². The predicted octanol–water partition coefficient (Wildman–Crippen LogP) is 2.36. The van der Waals surface area contributed by atoms with E-state index >= 15 is 0 Å². The molecule has 1 saturated carbocycles. The first kappa shape index (κ1) is 14.3. The van der Waals surface area contributed by atoms with Crippen molar-refractivity contribution in [3.05, 3.63) is 47.0 Å². The van der Waals surface area contributed by atoms with Gasteiger partial charge in [0.2, 0.25) is 5.91 Å². The lowest BCUT2D eigenvalue weighted by Gasteiger charge is -2.09.